The summed E-state index contributed by atoms with van der Waals surface area (Å²) in [7, 11) is 3.84. The summed E-state index contributed by atoms with van der Waals surface area (Å²) in [5.74, 6) is 0.840. The molecule has 0 aliphatic rings. The molecule has 12 heavy (non-hydrogen) atoms. The molecule has 70 valence electrons. The van der Waals surface area contributed by atoms with Gasteiger partial charge in [0.05, 0.1) is 0 Å². The summed E-state index contributed by atoms with van der Waals surface area (Å²) in [6.45, 7) is 13.1. The second-order valence-electron chi connectivity index (χ2n) is 2.40. The zero-order valence-corrected chi connectivity index (χ0v) is 8.89. The summed E-state index contributed by atoms with van der Waals surface area (Å²) in [5, 5.41) is 0. The fraction of sp³-hybridized carbons (Fsp3) is 0.500. The van der Waals surface area contributed by atoms with Crippen LogP contribution in [-0.4, -0.2) is 25.7 Å². The van der Waals surface area contributed by atoms with E-state index in [-0.39, 0.29) is 0 Å². The van der Waals surface area contributed by atoms with Crippen molar-refractivity contribution in [3.8, 4) is 0 Å². The Kier molecular flexibility index (Phi) is 9.08. The van der Waals surface area contributed by atoms with Crippen molar-refractivity contribution in [1.82, 2.24) is 4.90 Å². The van der Waals surface area contributed by atoms with Crippen molar-refractivity contribution in [3.05, 3.63) is 24.0 Å². The minimum absolute atomic E-state index is 0.840. The normalized spacial score (nSPS) is 9.58. The number of hydrogen-bond donors (Lipinski definition) is 0. The van der Waals surface area contributed by atoms with E-state index in [0.717, 1.165) is 11.4 Å². The lowest BCUT2D eigenvalue weighted by Gasteiger charge is -2.11. The Balaban J connectivity index is 0. The lowest BCUT2D eigenvalue weighted by Crippen LogP contribution is -2.08. The Labute approximate surface area is 76.3 Å². The summed E-state index contributed by atoms with van der Waals surface area (Å²) in [4.78, 5) is 5.69. The second-order valence-corrected chi connectivity index (χ2v) is 2.40. The predicted octanol–water partition coefficient (Wildman–Crippen LogP) is 2.69. The Morgan fingerprint density at radius 3 is 1.83 bits per heavy atom. The number of aliphatic imine (C=N–C) groups is 1. The topological polar surface area (TPSA) is 15.6 Å². The molecule has 0 N–H and O–H groups in total. The average molecular weight is 168 g/mol. The van der Waals surface area contributed by atoms with Crippen molar-refractivity contribution in [2.75, 3.05) is 14.1 Å². The van der Waals surface area contributed by atoms with Crippen LogP contribution in [0.1, 0.15) is 20.8 Å². The molecule has 0 aromatic heterocycles. The second kappa shape index (κ2) is 8.05. The highest BCUT2D eigenvalue weighted by molar-refractivity contribution is 5.30. The Hall–Kier alpha value is -1.05. The standard InChI is InChI=1S/C8H14N2.C2H6/c1-7(2)6-8(9-3)10(4)5;1-2/h6H,1,3H2,2,4-5H3;1-2H3/b8-6+;. The maximum Gasteiger partial charge on any atom is 0.127 e. The van der Waals surface area contributed by atoms with Crippen LogP contribution in [0.2, 0.25) is 0 Å². The minimum atomic E-state index is 0.840. The highest BCUT2D eigenvalue weighted by atomic mass is 15.2. The molecule has 0 aromatic carbocycles. The van der Waals surface area contributed by atoms with Crippen LogP contribution in [0.3, 0.4) is 0 Å². The van der Waals surface area contributed by atoms with Crippen molar-refractivity contribution in [3.63, 3.8) is 0 Å². The maximum absolute atomic E-state index is 3.80. The van der Waals surface area contributed by atoms with Crippen LogP contribution in [0.15, 0.2) is 29.0 Å². The molecule has 0 saturated heterocycles. The molecule has 0 rings (SSSR count). The molecule has 2 nitrogen and oxygen atoms in total. The molecule has 0 aromatic rings. The van der Waals surface area contributed by atoms with Gasteiger partial charge in [0.15, 0.2) is 0 Å². The molecule has 0 aliphatic heterocycles. The van der Waals surface area contributed by atoms with Gasteiger partial charge in [-0.3, -0.25) is 0 Å². The van der Waals surface area contributed by atoms with Gasteiger partial charge in [-0.1, -0.05) is 26.0 Å². The minimum Gasteiger partial charge on any atom is -0.363 e. The molecule has 0 saturated carbocycles. The van der Waals surface area contributed by atoms with Crippen molar-refractivity contribution in [1.29, 1.82) is 0 Å². The first kappa shape index (κ1) is 13.5. The third-order valence-electron chi connectivity index (χ3n) is 0.996. The first-order valence-corrected chi connectivity index (χ1v) is 4.09. The van der Waals surface area contributed by atoms with Gasteiger partial charge in [-0.15, -0.1) is 0 Å². The van der Waals surface area contributed by atoms with Crippen molar-refractivity contribution >= 4 is 6.72 Å². The molecule has 0 radical (unpaired) electrons. The number of rotatable bonds is 3. The molecule has 0 fully saturated rings. The molecule has 0 amide bonds. The monoisotopic (exact) mass is 168 g/mol. The summed E-state index contributed by atoms with van der Waals surface area (Å²) >= 11 is 0. The Bertz CT molecular complexity index is 167. The first-order chi connectivity index (χ1) is 5.57. The highest BCUT2D eigenvalue weighted by Gasteiger charge is 1.92. The van der Waals surface area contributed by atoms with Crippen molar-refractivity contribution in [2.24, 2.45) is 4.99 Å². The first-order valence-electron chi connectivity index (χ1n) is 4.09. The maximum atomic E-state index is 3.80. The summed E-state index contributed by atoms with van der Waals surface area (Å²) < 4.78 is 0. The van der Waals surface area contributed by atoms with Crippen molar-refractivity contribution in [2.45, 2.75) is 20.8 Å². The summed E-state index contributed by atoms with van der Waals surface area (Å²) in [6, 6.07) is 0. The van der Waals surface area contributed by atoms with Crippen LogP contribution in [0.5, 0.6) is 0 Å². The van der Waals surface area contributed by atoms with Crippen LogP contribution in [0.25, 0.3) is 0 Å². The number of nitrogens with zero attached hydrogens (tertiary/aromatic N) is 2. The lowest BCUT2D eigenvalue weighted by atomic mass is 10.3. The molecular formula is C10H20N2. The van der Waals surface area contributed by atoms with Crippen LogP contribution in [0, 0.1) is 0 Å². The van der Waals surface area contributed by atoms with Gasteiger partial charge in [-0.2, -0.15) is 0 Å². The van der Waals surface area contributed by atoms with E-state index >= 15 is 0 Å². The van der Waals surface area contributed by atoms with E-state index in [4.69, 9.17) is 0 Å². The molecular weight excluding hydrogens is 148 g/mol. The van der Waals surface area contributed by atoms with Gasteiger partial charge in [0.2, 0.25) is 0 Å². The molecule has 0 bridgehead atoms. The largest absolute Gasteiger partial charge is 0.363 e. The summed E-state index contributed by atoms with van der Waals surface area (Å²) in [5.41, 5.74) is 0.983. The molecule has 0 spiro atoms. The molecule has 0 heterocycles. The fourth-order valence-corrected chi connectivity index (χ4v) is 0.537. The van der Waals surface area contributed by atoms with Gasteiger partial charge in [0, 0.05) is 14.1 Å². The van der Waals surface area contributed by atoms with Crippen LogP contribution in [0.4, 0.5) is 0 Å². The van der Waals surface area contributed by atoms with E-state index in [9.17, 15) is 0 Å². The molecule has 0 unspecified atom stereocenters. The highest BCUT2D eigenvalue weighted by Crippen LogP contribution is 2.02. The van der Waals surface area contributed by atoms with E-state index in [1.165, 1.54) is 0 Å². The van der Waals surface area contributed by atoms with Crippen LogP contribution in [-0.2, 0) is 0 Å². The molecule has 0 atom stereocenters. The SMILES string of the molecule is C=N/C(=C\C(=C)C)N(C)C.CC. The van der Waals surface area contributed by atoms with E-state index in [1.54, 1.807) is 0 Å². The van der Waals surface area contributed by atoms with E-state index in [2.05, 4.69) is 18.3 Å². The van der Waals surface area contributed by atoms with E-state index < -0.39 is 0 Å². The van der Waals surface area contributed by atoms with Crippen LogP contribution < -0.4 is 0 Å². The third-order valence-corrected chi connectivity index (χ3v) is 0.996. The summed E-state index contributed by atoms with van der Waals surface area (Å²) in [6.07, 6.45) is 1.88. The van der Waals surface area contributed by atoms with E-state index in [1.807, 2.05) is 45.8 Å². The van der Waals surface area contributed by atoms with Crippen LogP contribution >= 0.6 is 0 Å². The van der Waals surface area contributed by atoms with Gasteiger partial charge in [0.25, 0.3) is 0 Å². The zero-order chi connectivity index (χ0) is 10.1. The van der Waals surface area contributed by atoms with Gasteiger partial charge in [-0.05, 0) is 19.7 Å². The predicted molar refractivity (Wildman–Crippen MR) is 57.5 cm³/mol. The Morgan fingerprint density at radius 2 is 1.75 bits per heavy atom. The third kappa shape index (κ3) is 7.06. The van der Waals surface area contributed by atoms with E-state index in [0.29, 0.717) is 0 Å². The van der Waals surface area contributed by atoms with Gasteiger partial charge < -0.3 is 4.90 Å². The number of allylic oxidation sites excluding steroid dienone is 2. The Morgan fingerprint density at radius 1 is 1.33 bits per heavy atom. The smallest absolute Gasteiger partial charge is 0.127 e. The van der Waals surface area contributed by atoms with Gasteiger partial charge >= 0.3 is 0 Å². The fourth-order valence-electron chi connectivity index (χ4n) is 0.537. The lowest BCUT2D eigenvalue weighted by molar-refractivity contribution is 0.507. The number of hydrogen-bond acceptors (Lipinski definition) is 2. The quantitative estimate of drug-likeness (QED) is 0.467. The molecule has 0 aliphatic carbocycles. The molecule has 2 heteroatoms. The zero-order valence-electron chi connectivity index (χ0n) is 8.89. The van der Waals surface area contributed by atoms with Gasteiger partial charge in [-0.25, -0.2) is 4.99 Å². The average Bonchev–Trinajstić information content (AvgIpc) is 2.03. The van der Waals surface area contributed by atoms with Crippen molar-refractivity contribution < 1.29 is 0 Å². The van der Waals surface area contributed by atoms with Gasteiger partial charge in [0.1, 0.15) is 5.82 Å².